The number of hydrogen-bond donors (Lipinski definition) is 2. The summed E-state index contributed by atoms with van der Waals surface area (Å²) in [6.07, 6.45) is 2.52. The van der Waals surface area contributed by atoms with E-state index in [4.69, 9.17) is 9.47 Å². The van der Waals surface area contributed by atoms with Crippen LogP contribution in [0.5, 0.6) is 11.5 Å². The standard InChI is InChI=1S/C23H30IN5O3S/c1-6-29(7-2)10-8-9-25-22-21-20(26-13-27-22)15(12-33-21)23(30)28-19-14(3)16(31-4)11-17(32-5)18(19)24/h11-13H,6-10H2,1-5H3,(H,28,30)(H,25,26,27). The third kappa shape index (κ3) is 5.67. The number of thiophene rings is 1. The van der Waals surface area contributed by atoms with Crippen LogP contribution in [0.2, 0.25) is 0 Å². The molecule has 10 heteroatoms. The first-order valence-electron chi connectivity index (χ1n) is 10.9. The third-order valence-electron chi connectivity index (χ3n) is 5.56. The van der Waals surface area contributed by atoms with Gasteiger partial charge in [-0.1, -0.05) is 13.8 Å². The van der Waals surface area contributed by atoms with Gasteiger partial charge in [-0.25, -0.2) is 9.97 Å². The van der Waals surface area contributed by atoms with Crippen molar-refractivity contribution in [1.82, 2.24) is 14.9 Å². The van der Waals surface area contributed by atoms with Crippen LogP contribution in [0.1, 0.15) is 36.2 Å². The van der Waals surface area contributed by atoms with Gasteiger partial charge in [0.15, 0.2) is 0 Å². The number of carbonyl (C=O) groups is 1. The van der Waals surface area contributed by atoms with Crippen LogP contribution in [0, 0.1) is 10.5 Å². The van der Waals surface area contributed by atoms with E-state index >= 15 is 0 Å². The molecule has 2 aromatic heterocycles. The van der Waals surface area contributed by atoms with E-state index in [1.165, 1.54) is 17.7 Å². The Balaban J connectivity index is 1.80. The molecule has 0 fully saturated rings. The maximum atomic E-state index is 13.2. The second kappa shape index (κ2) is 11.8. The number of rotatable bonds is 11. The maximum absolute atomic E-state index is 13.2. The van der Waals surface area contributed by atoms with Crippen molar-refractivity contribution >= 4 is 61.6 Å². The number of fused-ring (bicyclic) bond motifs is 1. The van der Waals surface area contributed by atoms with Crippen LogP contribution in [0.15, 0.2) is 17.8 Å². The van der Waals surface area contributed by atoms with Gasteiger partial charge in [-0.2, -0.15) is 0 Å². The molecule has 0 aliphatic carbocycles. The summed E-state index contributed by atoms with van der Waals surface area (Å²) in [5.41, 5.74) is 2.66. The van der Waals surface area contributed by atoms with Gasteiger partial charge in [0.2, 0.25) is 0 Å². The predicted octanol–water partition coefficient (Wildman–Crippen LogP) is 5.02. The van der Waals surface area contributed by atoms with Crippen LogP contribution in [-0.2, 0) is 0 Å². The molecule has 0 unspecified atom stereocenters. The Morgan fingerprint density at radius 3 is 2.58 bits per heavy atom. The number of anilines is 2. The maximum Gasteiger partial charge on any atom is 0.258 e. The van der Waals surface area contributed by atoms with Gasteiger partial charge in [-0.15, -0.1) is 11.3 Å². The molecule has 0 radical (unpaired) electrons. The first kappa shape index (κ1) is 25.4. The zero-order valence-corrected chi connectivity index (χ0v) is 22.6. The number of hydrogen-bond acceptors (Lipinski definition) is 8. The Morgan fingerprint density at radius 1 is 1.18 bits per heavy atom. The lowest BCUT2D eigenvalue weighted by Crippen LogP contribution is -2.25. The minimum Gasteiger partial charge on any atom is -0.496 e. The summed E-state index contributed by atoms with van der Waals surface area (Å²) >= 11 is 3.64. The van der Waals surface area contributed by atoms with Crippen LogP contribution in [-0.4, -0.2) is 61.2 Å². The van der Waals surface area contributed by atoms with E-state index in [1.54, 1.807) is 14.2 Å². The van der Waals surface area contributed by atoms with Gasteiger partial charge in [-0.3, -0.25) is 4.79 Å². The number of amides is 1. The van der Waals surface area contributed by atoms with E-state index in [1.807, 2.05) is 18.4 Å². The van der Waals surface area contributed by atoms with Crippen molar-refractivity contribution in [2.75, 3.05) is 51.0 Å². The highest BCUT2D eigenvalue weighted by molar-refractivity contribution is 14.1. The van der Waals surface area contributed by atoms with Gasteiger partial charge in [-0.05, 0) is 55.6 Å². The van der Waals surface area contributed by atoms with Crippen LogP contribution in [0.25, 0.3) is 10.2 Å². The Bertz CT molecular complexity index is 1090. The Hall–Kier alpha value is -2.18. The van der Waals surface area contributed by atoms with Crippen molar-refractivity contribution in [3.05, 3.63) is 32.5 Å². The minimum absolute atomic E-state index is 0.233. The molecular weight excluding hydrogens is 553 g/mol. The summed E-state index contributed by atoms with van der Waals surface area (Å²) in [7, 11) is 3.19. The molecule has 0 spiro atoms. The van der Waals surface area contributed by atoms with Crippen molar-refractivity contribution < 1.29 is 14.3 Å². The molecule has 1 aromatic carbocycles. The fraction of sp³-hybridized carbons (Fsp3) is 0.435. The largest absolute Gasteiger partial charge is 0.496 e. The molecule has 3 rings (SSSR count). The quantitative estimate of drug-likeness (QED) is 0.242. The van der Waals surface area contributed by atoms with Crippen LogP contribution in [0.4, 0.5) is 11.5 Å². The average Bonchev–Trinajstić information content (AvgIpc) is 3.27. The van der Waals surface area contributed by atoms with E-state index in [0.29, 0.717) is 28.3 Å². The van der Waals surface area contributed by atoms with Gasteiger partial charge in [0, 0.05) is 23.6 Å². The SMILES string of the molecule is CCN(CC)CCCNc1ncnc2c(C(=O)Nc3c(C)c(OC)cc(OC)c3I)csc12. The summed E-state index contributed by atoms with van der Waals surface area (Å²) < 4.78 is 12.6. The van der Waals surface area contributed by atoms with E-state index in [-0.39, 0.29) is 5.91 Å². The van der Waals surface area contributed by atoms with Crippen molar-refractivity contribution in [1.29, 1.82) is 0 Å². The van der Waals surface area contributed by atoms with Gasteiger partial charge in [0.25, 0.3) is 5.91 Å². The first-order chi connectivity index (χ1) is 15.9. The molecule has 2 N–H and O–H groups in total. The Morgan fingerprint density at radius 2 is 1.91 bits per heavy atom. The topological polar surface area (TPSA) is 88.6 Å². The third-order valence-corrected chi connectivity index (χ3v) is 7.60. The minimum atomic E-state index is -0.233. The van der Waals surface area contributed by atoms with Crippen molar-refractivity contribution in [3.8, 4) is 11.5 Å². The number of nitrogens with one attached hydrogen (secondary N) is 2. The highest BCUT2D eigenvalue weighted by Crippen LogP contribution is 2.38. The highest BCUT2D eigenvalue weighted by atomic mass is 127. The molecule has 3 aromatic rings. The fourth-order valence-corrected chi connectivity index (χ4v) is 5.46. The second-order valence-electron chi connectivity index (χ2n) is 7.41. The van der Waals surface area contributed by atoms with Gasteiger partial charge in [0.05, 0.1) is 39.3 Å². The summed E-state index contributed by atoms with van der Waals surface area (Å²) in [4.78, 5) is 24.4. The molecule has 0 atom stereocenters. The second-order valence-corrected chi connectivity index (χ2v) is 9.36. The summed E-state index contributed by atoms with van der Waals surface area (Å²) in [6, 6.07) is 1.82. The summed E-state index contributed by atoms with van der Waals surface area (Å²) in [5, 5.41) is 8.27. The van der Waals surface area contributed by atoms with Crippen LogP contribution < -0.4 is 20.1 Å². The van der Waals surface area contributed by atoms with E-state index in [0.717, 1.165) is 52.3 Å². The molecule has 0 saturated carbocycles. The number of aromatic nitrogens is 2. The monoisotopic (exact) mass is 583 g/mol. The normalized spacial score (nSPS) is 11.1. The molecule has 0 saturated heterocycles. The van der Waals surface area contributed by atoms with Gasteiger partial charge >= 0.3 is 0 Å². The first-order valence-corrected chi connectivity index (χ1v) is 12.8. The van der Waals surface area contributed by atoms with E-state index in [9.17, 15) is 4.79 Å². The summed E-state index contributed by atoms with van der Waals surface area (Å²) in [6.45, 7) is 10.2. The molecule has 2 heterocycles. The van der Waals surface area contributed by atoms with Crippen molar-refractivity contribution in [3.63, 3.8) is 0 Å². The molecule has 0 aliphatic rings. The lowest BCUT2D eigenvalue weighted by atomic mass is 10.1. The van der Waals surface area contributed by atoms with Crippen LogP contribution in [0.3, 0.4) is 0 Å². The van der Waals surface area contributed by atoms with Crippen molar-refractivity contribution in [2.24, 2.45) is 0 Å². The zero-order valence-electron chi connectivity index (χ0n) is 19.6. The van der Waals surface area contributed by atoms with Crippen LogP contribution >= 0.6 is 33.9 Å². The lowest BCUT2D eigenvalue weighted by molar-refractivity contribution is 0.102. The number of benzene rings is 1. The number of carbonyl (C=O) groups excluding carboxylic acids is 1. The number of ether oxygens (including phenoxy) is 2. The lowest BCUT2D eigenvalue weighted by Gasteiger charge is -2.17. The number of methoxy groups -OCH3 is 2. The fourth-order valence-electron chi connectivity index (χ4n) is 3.58. The van der Waals surface area contributed by atoms with Gasteiger partial charge < -0.3 is 25.0 Å². The highest BCUT2D eigenvalue weighted by Gasteiger charge is 2.21. The molecule has 8 nitrogen and oxygen atoms in total. The summed E-state index contributed by atoms with van der Waals surface area (Å²) in [5.74, 6) is 1.82. The molecule has 178 valence electrons. The molecule has 0 aliphatic heterocycles. The zero-order chi connectivity index (χ0) is 24.0. The Labute approximate surface area is 212 Å². The average molecular weight is 583 g/mol. The Kier molecular flexibility index (Phi) is 9.10. The molecule has 33 heavy (non-hydrogen) atoms. The predicted molar refractivity (Wildman–Crippen MR) is 143 cm³/mol. The van der Waals surface area contributed by atoms with E-state index < -0.39 is 0 Å². The number of halogens is 1. The smallest absolute Gasteiger partial charge is 0.258 e. The molecule has 0 bridgehead atoms. The number of nitrogens with zero attached hydrogens (tertiary/aromatic N) is 3. The molecular formula is C23H30IN5O3S. The molecule has 1 amide bonds. The van der Waals surface area contributed by atoms with Gasteiger partial charge in [0.1, 0.15) is 23.6 Å². The van der Waals surface area contributed by atoms with Crippen molar-refractivity contribution in [2.45, 2.75) is 27.2 Å². The van der Waals surface area contributed by atoms with E-state index in [2.05, 4.69) is 61.9 Å².